The number of hydrogen-bond donors (Lipinski definition) is 1. The predicted molar refractivity (Wildman–Crippen MR) is 128 cm³/mol. The Morgan fingerprint density at radius 2 is 1.74 bits per heavy atom. The minimum absolute atomic E-state index is 0.0246. The molecule has 6 nitrogen and oxygen atoms in total. The van der Waals surface area contributed by atoms with Gasteiger partial charge in [0.15, 0.2) is 5.60 Å². The van der Waals surface area contributed by atoms with E-state index in [-0.39, 0.29) is 23.2 Å². The monoisotopic (exact) mass is 555 g/mol. The number of fused-ring (bicyclic) bond motifs is 1. The zero-order chi connectivity index (χ0) is 28.0. The van der Waals surface area contributed by atoms with Crippen molar-refractivity contribution in [1.82, 2.24) is 0 Å². The summed E-state index contributed by atoms with van der Waals surface area (Å²) in [5.41, 5.74) is -2.50. The Morgan fingerprint density at radius 3 is 2.39 bits per heavy atom. The van der Waals surface area contributed by atoms with Crippen molar-refractivity contribution >= 4 is 21.7 Å². The summed E-state index contributed by atoms with van der Waals surface area (Å²) in [6.45, 7) is 2.13. The van der Waals surface area contributed by atoms with E-state index < -0.39 is 62.5 Å². The smallest absolute Gasteiger partial charge is 0.416 e. The van der Waals surface area contributed by atoms with Crippen LogP contribution in [0, 0.1) is 11.6 Å². The molecule has 38 heavy (non-hydrogen) atoms. The third kappa shape index (κ3) is 5.37. The van der Waals surface area contributed by atoms with Crippen molar-refractivity contribution in [3.05, 3.63) is 83.4 Å². The van der Waals surface area contributed by atoms with Crippen molar-refractivity contribution in [2.75, 3.05) is 10.8 Å². The lowest BCUT2D eigenvalue weighted by atomic mass is 9.96. The average molecular weight is 556 g/mol. The fourth-order valence-corrected chi connectivity index (χ4v) is 5.75. The van der Waals surface area contributed by atoms with Crippen LogP contribution in [0.2, 0.25) is 0 Å². The highest BCUT2D eigenvalue weighted by Crippen LogP contribution is 2.39. The number of alkyl halides is 3. The van der Waals surface area contributed by atoms with Gasteiger partial charge in [-0.3, -0.25) is 4.31 Å². The first kappa shape index (κ1) is 27.5. The Bertz CT molecular complexity index is 1500. The van der Waals surface area contributed by atoms with Gasteiger partial charge in [0.2, 0.25) is 0 Å². The normalized spacial score (nSPS) is 16.3. The Hall–Kier alpha value is -3.51. The molecule has 3 aromatic carbocycles. The molecule has 4 rings (SSSR count). The molecular formula is C26H22F5NO5S. The summed E-state index contributed by atoms with van der Waals surface area (Å²) in [4.78, 5) is 10.9. The number of halogens is 5. The van der Waals surface area contributed by atoms with E-state index in [1.165, 1.54) is 32.0 Å². The minimum Gasteiger partial charge on any atom is -0.479 e. The van der Waals surface area contributed by atoms with Crippen LogP contribution in [0.1, 0.15) is 25.0 Å². The lowest BCUT2D eigenvalue weighted by molar-refractivity contribution is -0.167. The summed E-state index contributed by atoms with van der Waals surface area (Å²) < 4.78 is 102. The molecule has 0 aromatic heterocycles. The van der Waals surface area contributed by atoms with Crippen LogP contribution in [-0.4, -0.2) is 37.7 Å². The van der Waals surface area contributed by atoms with Crippen LogP contribution in [0.5, 0.6) is 0 Å². The zero-order valence-corrected chi connectivity index (χ0v) is 20.9. The van der Waals surface area contributed by atoms with Gasteiger partial charge in [0.05, 0.1) is 28.8 Å². The Labute approximate surface area is 215 Å². The molecule has 1 heterocycles. The van der Waals surface area contributed by atoms with E-state index in [1.807, 2.05) is 0 Å². The second kappa shape index (κ2) is 9.66. The molecule has 1 N–H and O–H groups in total. The maximum absolute atomic E-state index is 14.5. The van der Waals surface area contributed by atoms with Crippen molar-refractivity contribution in [2.24, 2.45) is 0 Å². The topological polar surface area (TPSA) is 83.9 Å². The molecule has 0 spiro atoms. The number of carboxylic acids is 1. The zero-order valence-electron chi connectivity index (χ0n) is 20.1. The van der Waals surface area contributed by atoms with Gasteiger partial charge < -0.3 is 9.84 Å². The van der Waals surface area contributed by atoms with Crippen molar-refractivity contribution in [3.8, 4) is 11.1 Å². The summed E-state index contributed by atoms with van der Waals surface area (Å²) in [6.07, 6.45) is -5.72. The second-order valence-corrected chi connectivity index (χ2v) is 11.2. The highest BCUT2D eigenvalue weighted by Gasteiger charge is 2.40. The first-order valence-corrected chi connectivity index (χ1v) is 12.7. The Morgan fingerprint density at radius 1 is 1.03 bits per heavy atom. The molecule has 1 aliphatic heterocycles. The van der Waals surface area contributed by atoms with Crippen LogP contribution < -0.4 is 4.31 Å². The number of rotatable bonds is 6. The van der Waals surface area contributed by atoms with Crippen LogP contribution in [0.3, 0.4) is 0 Å². The van der Waals surface area contributed by atoms with E-state index in [0.29, 0.717) is 11.6 Å². The molecule has 0 amide bonds. The van der Waals surface area contributed by atoms with E-state index in [4.69, 9.17) is 4.74 Å². The molecular weight excluding hydrogens is 533 g/mol. The molecule has 202 valence electrons. The lowest BCUT2D eigenvalue weighted by Crippen LogP contribution is -2.48. The number of ether oxygens (including phenoxy) is 1. The number of nitrogens with zero attached hydrogens (tertiary/aromatic N) is 1. The fraction of sp³-hybridized carbons (Fsp3) is 0.269. The average Bonchev–Trinajstić information content (AvgIpc) is 2.84. The highest BCUT2D eigenvalue weighted by atomic mass is 32.2. The summed E-state index contributed by atoms with van der Waals surface area (Å²) in [5, 5.41) is 9.46. The summed E-state index contributed by atoms with van der Waals surface area (Å²) in [5.74, 6) is -2.79. The van der Waals surface area contributed by atoms with E-state index in [1.54, 1.807) is 0 Å². The molecule has 1 atom stereocenters. The number of sulfonamides is 1. The van der Waals surface area contributed by atoms with Gasteiger partial charge in [-0.1, -0.05) is 18.2 Å². The lowest BCUT2D eigenvalue weighted by Gasteiger charge is -2.38. The Kier molecular flexibility index (Phi) is 7.00. The number of anilines is 1. The third-order valence-corrected chi connectivity index (χ3v) is 7.91. The largest absolute Gasteiger partial charge is 0.479 e. The summed E-state index contributed by atoms with van der Waals surface area (Å²) >= 11 is 0. The van der Waals surface area contributed by atoms with E-state index in [9.17, 15) is 40.3 Å². The highest BCUT2D eigenvalue weighted by molar-refractivity contribution is 7.92. The van der Waals surface area contributed by atoms with Gasteiger partial charge in [0, 0.05) is 12.0 Å². The molecule has 0 fully saturated rings. The van der Waals surface area contributed by atoms with Gasteiger partial charge in [-0.05, 0) is 67.4 Å². The van der Waals surface area contributed by atoms with Gasteiger partial charge in [-0.2, -0.15) is 13.2 Å². The fourth-order valence-electron chi connectivity index (χ4n) is 4.18. The number of carboxylic acid groups (broad SMARTS) is 1. The maximum Gasteiger partial charge on any atom is 0.416 e. The predicted octanol–water partition coefficient (Wildman–Crippen LogP) is 5.65. The molecule has 0 bridgehead atoms. The number of carbonyl (C=O) groups is 1. The molecule has 1 aliphatic rings. The van der Waals surface area contributed by atoms with Crippen LogP contribution in [0.25, 0.3) is 11.1 Å². The van der Waals surface area contributed by atoms with Crippen molar-refractivity contribution < 1.29 is 45.0 Å². The van der Waals surface area contributed by atoms with Gasteiger partial charge >= 0.3 is 12.1 Å². The standard InChI is InChI=1S/C26H22F5NO5S/c1-25(2,24(33)34)37-19-10-16-7-6-15(21-13-18(27)8-9-22(21)28)11-23(16)32(14-19)38(35,36)20-5-3-4-17(12-20)26(29,30)31/h3-9,11-13,19H,10,14H2,1-2H3,(H,33,34)/t19-/m1/s1. The summed E-state index contributed by atoms with van der Waals surface area (Å²) in [6, 6.07) is 10.2. The van der Waals surface area contributed by atoms with Gasteiger partial charge in [0.1, 0.15) is 11.6 Å². The first-order chi connectivity index (χ1) is 17.6. The van der Waals surface area contributed by atoms with Gasteiger partial charge in [-0.15, -0.1) is 0 Å². The van der Waals surface area contributed by atoms with Crippen molar-refractivity contribution in [3.63, 3.8) is 0 Å². The Balaban J connectivity index is 1.86. The summed E-state index contributed by atoms with van der Waals surface area (Å²) in [7, 11) is -4.65. The quantitative estimate of drug-likeness (QED) is 0.398. The van der Waals surface area contributed by atoms with Crippen molar-refractivity contribution in [1.29, 1.82) is 0 Å². The molecule has 3 aromatic rings. The minimum atomic E-state index is -4.80. The van der Waals surface area contributed by atoms with Crippen molar-refractivity contribution in [2.45, 2.75) is 43.0 Å². The molecule has 0 unspecified atom stereocenters. The second-order valence-electron chi connectivity index (χ2n) is 9.29. The number of hydrogen-bond acceptors (Lipinski definition) is 4. The van der Waals surface area contributed by atoms with Crippen LogP contribution in [-0.2, 0) is 32.2 Å². The van der Waals surface area contributed by atoms with Crippen LogP contribution >= 0.6 is 0 Å². The number of aliphatic carboxylic acids is 1. The van der Waals surface area contributed by atoms with Crippen LogP contribution in [0.4, 0.5) is 27.6 Å². The molecule has 0 radical (unpaired) electrons. The molecule has 0 aliphatic carbocycles. The van der Waals surface area contributed by atoms with E-state index in [2.05, 4.69) is 0 Å². The van der Waals surface area contributed by atoms with E-state index >= 15 is 0 Å². The van der Waals surface area contributed by atoms with Gasteiger partial charge in [-0.25, -0.2) is 22.0 Å². The SMILES string of the molecule is CC(C)(O[C@@H]1Cc2ccc(-c3cc(F)ccc3F)cc2N(S(=O)(=O)c2cccc(C(F)(F)F)c2)C1)C(=O)O. The maximum atomic E-state index is 14.5. The molecule has 12 heteroatoms. The van der Waals surface area contributed by atoms with Gasteiger partial charge in [0.25, 0.3) is 10.0 Å². The third-order valence-electron chi connectivity index (χ3n) is 6.14. The molecule has 0 saturated heterocycles. The number of benzene rings is 3. The first-order valence-electron chi connectivity index (χ1n) is 11.3. The molecule has 0 saturated carbocycles. The van der Waals surface area contributed by atoms with Crippen LogP contribution in [0.15, 0.2) is 65.6 Å². The van der Waals surface area contributed by atoms with E-state index in [0.717, 1.165) is 40.7 Å².